The van der Waals surface area contributed by atoms with Crippen LogP contribution < -0.4 is 20.7 Å². The number of nitrogens with zero attached hydrogens (tertiary/aromatic N) is 1. The monoisotopic (exact) mass is 351 g/mol. The van der Waals surface area contributed by atoms with E-state index in [0.717, 1.165) is 0 Å². The number of hydrogen-bond donors (Lipinski definition) is 2. The van der Waals surface area contributed by atoms with Crippen molar-refractivity contribution in [3.63, 3.8) is 0 Å². The number of hydrogen-bond acceptors (Lipinski definition) is 5. The van der Waals surface area contributed by atoms with Crippen LogP contribution in [0.4, 0.5) is 14.5 Å². The molecule has 1 saturated heterocycles. The molecular formula is C17H19F2N3O3. The van der Waals surface area contributed by atoms with Crippen molar-refractivity contribution in [3.05, 3.63) is 47.9 Å². The van der Waals surface area contributed by atoms with Crippen molar-refractivity contribution in [1.29, 1.82) is 0 Å². The van der Waals surface area contributed by atoms with Crippen LogP contribution in [-0.2, 0) is 6.54 Å². The normalized spacial score (nSPS) is 17.1. The molecule has 134 valence electrons. The van der Waals surface area contributed by atoms with E-state index in [9.17, 15) is 13.6 Å². The van der Waals surface area contributed by atoms with Gasteiger partial charge in [0.1, 0.15) is 17.8 Å². The van der Waals surface area contributed by atoms with Gasteiger partial charge in [-0.1, -0.05) is 12.1 Å². The zero-order valence-corrected chi connectivity index (χ0v) is 13.5. The smallest absolute Gasteiger partial charge is 0.387 e. The van der Waals surface area contributed by atoms with E-state index in [1.165, 1.54) is 12.3 Å². The predicted molar refractivity (Wildman–Crippen MR) is 87.8 cm³/mol. The van der Waals surface area contributed by atoms with Crippen LogP contribution in [0.1, 0.15) is 22.5 Å². The summed E-state index contributed by atoms with van der Waals surface area (Å²) in [4.78, 5) is 14.2. The largest absolute Gasteiger partial charge is 0.467 e. The number of nitrogens with two attached hydrogens (primary N) is 1. The van der Waals surface area contributed by atoms with Gasteiger partial charge in [-0.2, -0.15) is 8.78 Å². The number of ether oxygens (including phenoxy) is 1. The van der Waals surface area contributed by atoms with E-state index in [4.69, 9.17) is 10.2 Å². The number of halogens is 2. The number of nitrogens with one attached hydrogen (secondary N) is 1. The quantitative estimate of drug-likeness (QED) is 0.835. The topological polar surface area (TPSA) is 80.7 Å². The number of para-hydroxylation sites is 2. The highest BCUT2D eigenvalue weighted by molar-refractivity contribution is 5.94. The number of rotatable bonds is 6. The Hall–Kier alpha value is -2.61. The Labute approximate surface area is 143 Å². The van der Waals surface area contributed by atoms with Crippen molar-refractivity contribution >= 4 is 11.6 Å². The number of carbonyl (C=O) groups is 1. The molecule has 3 rings (SSSR count). The Balaban J connectivity index is 1.63. The lowest BCUT2D eigenvalue weighted by molar-refractivity contribution is -0.0495. The second-order valence-corrected chi connectivity index (χ2v) is 5.76. The highest BCUT2D eigenvalue weighted by atomic mass is 19.3. The average molecular weight is 351 g/mol. The van der Waals surface area contributed by atoms with E-state index in [1.54, 1.807) is 24.3 Å². The molecule has 1 aromatic carbocycles. The Kier molecular flexibility index (Phi) is 5.18. The third-order valence-corrected chi connectivity index (χ3v) is 4.06. The van der Waals surface area contributed by atoms with Gasteiger partial charge in [0.05, 0.1) is 17.8 Å². The maximum Gasteiger partial charge on any atom is 0.387 e. The summed E-state index contributed by atoms with van der Waals surface area (Å²) in [5, 5.41) is 2.92. The summed E-state index contributed by atoms with van der Waals surface area (Å²) in [5.74, 6) is 0.426. The van der Waals surface area contributed by atoms with E-state index in [1.807, 2.05) is 4.90 Å². The molecule has 1 amide bonds. The molecule has 3 N–H and O–H groups in total. The van der Waals surface area contributed by atoms with Crippen LogP contribution >= 0.6 is 0 Å². The summed E-state index contributed by atoms with van der Waals surface area (Å²) < 4.78 is 34.8. The van der Waals surface area contributed by atoms with Crippen LogP contribution in [0.3, 0.4) is 0 Å². The van der Waals surface area contributed by atoms with E-state index in [0.29, 0.717) is 36.5 Å². The molecule has 1 aliphatic rings. The zero-order chi connectivity index (χ0) is 17.8. The van der Waals surface area contributed by atoms with E-state index < -0.39 is 6.61 Å². The lowest BCUT2D eigenvalue weighted by atomic mass is 10.2. The highest BCUT2D eigenvalue weighted by Gasteiger charge is 2.27. The molecule has 8 heteroatoms. The second kappa shape index (κ2) is 7.52. The Bertz CT molecular complexity index is 735. The minimum Gasteiger partial charge on any atom is -0.467 e. The summed E-state index contributed by atoms with van der Waals surface area (Å²) in [6, 6.07) is 8.15. The zero-order valence-electron chi connectivity index (χ0n) is 13.5. The molecule has 1 aromatic heterocycles. The van der Waals surface area contributed by atoms with Gasteiger partial charge in [-0.3, -0.25) is 4.79 Å². The van der Waals surface area contributed by atoms with Crippen LogP contribution in [-0.4, -0.2) is 31.7 Å². The maximum atomic E-state index is 12.5. The first-order valence-electron chi connectivity index (χ1n) is 7.94. The van der Waals surface area contributed by atoms with Crippen LogP contribution in [0.2, 0.25) is 0 Å². The molecular weight excluding hydrogens is 332 g/mol. The van der Waals surface area contributed by atoms with Crippen molar-refractivity contribution in [2.45, 2.75) is 25.6 Å². The van der Waals surface area contributed by atoms with Crippen molar-refractivity contribution in [1.82, 2.24) is 5.32 Å². The van der Waals surface area contributed by atoms with Crippen LogP contribution in [0.5, 0.6) is 5.75 Å². The fraction of sp³-hybridized carbons (Fsp3) is 0.353. The molecule has 1 fully saturated rings. The maximum absolute atomic E-state index is 12.5. The molecule has 1 aliphatic heterocycles. The van der Waals surface area contributed by atoms with Crippen LogP contribution in [0, 0.1) is 0 Å². The molecule has 1 atom stereocenters. The van der Waals surface area contributed by atoms with Gasteiger partial charge in [0.15, 0.2) is 0 Å². The first-order valence-corrected chi connectivity index (χ1v) is 7.94. The predicted octanol–water partition coefficient (Wildman–Crippen LogP) is 2.35. The summed E-state index contributed by atoms with van der Waals surface area (Å²) in [5.41, 5.74) is 6.47. The minimum absolute atomic E-state index is 0.0941. The number of furan rings is 1. The Morgan fingerprint density at radius 1 is 1.44 bits per heavy atom. The fourth-order valence-corrected chi connectivity index (χ4v) is 2.89. The lowest BCUT2D eigenvalue weighted by Gasteiger charge is -2.22. The van der Waals surface area contributed by atoms with Crippen LogP contribution in [0.25, 0.3) is 0 Å². The number of alkyl halides is 2. The van der Waals surface area contributed by atoms with Gasteiger partial charge in [0.25, 0.3) is 5.91 Å². The standard InChI is InChI=1S/C17H19F2N3O3/c18-17(19)25-15-4-2-1-3-14(15)22-6-5-12(9-22)21-16(23)11-7-13(8-20)24-10-11/h1-4,7,10,12,17H,5-6,8-9,20H2,(H,21,23). The lowest BCUT2D eigenvalue weighted by Crippen LogP contribution is -2.37. The molecule has 1 unspecified atom stereocenters. The molecule has 0 radical (unpaired) electrons. The van der Waals surface area contributed by atoms with Gasteiger partial charge in [-0.25, -0.2) is 0 Å². The van der Waals surface area contributed by atoms with E-state index in [2.05, 4.69) is 10.1 Å². The fourth-order valence-electron chi connectivity index (χ4n) is 2.89. The van der Waals surface area contributed by atoms with Crippen LogP contribution in [0.15, 0.2) is 41.0 Å². The van der Waals surface area contributed by atoms with Gasteiger partial charge < -0.3 is 25.1 Å². The van der Waals surface area contributed by atoms with Gasteiger partial charge in [-0.05, 0) is 24.6 Å². The second-order valence-electron chi connectivity index (χ2n) is 5.76. The molecule has 2 heterocycles. The molecule has 0 saturated carbocycles. The number of anilines is 1. The SMILES string of the molecule is NCc1cc(C(=O)NC2CCN(c3ccccc3OC(F)F)C2)co1. The van der Waals surface area contributed by atoms with Crippen molar-refractivity contribution in [2.75, 3.05) is 18.0 Å². The Morgan fingerprint density at radius 3 is 2.96 bits per heavy atom. The van der Waals surface area contributed by atoms with E-state index >= 15 is 0 Å². The summed E-state index contributed by atoms with van der Waals surface area (Å²) in [6.45, 7) is -1.51. The molecule has 0 aliphatic carbocycles. The van der Waals surface area contributed by atoms with Crippen molar-refractivity contribution in [3.8, 4) is 5.75 Å². The summed E-state index contributed by atoms with van der Waals surface area (Å²) >= 11 is 0. The van der Waals surface area contributed by atoms with Gasteiger partial charge >= 0.3 is 6.61 Å². The summed E-state index contributed by atoms with van der Waals surface area (Å²) in [7, 11) is 0. The summed E-state index contributed by atoms with van der Waals surface area (Å²) in [6.07, 6.45) is 2.08. The first-order chi connectivity index (χ1) is 12.1. The van der Waals surface area contributed by atoms with Crippen molar-refractivity contribution < 1.29 is 22.7 Å². The number of benzene rings is 1. The molecule has 2 aromatic rings. The molecule has 0 spiro atoms. The molecule has 0 bridgehead atoms. The molecule has 25 heavy (non-hydrogen) atoms. The third kappa shape index (κ3) is 4.08. The minimum atomic E-state index is -2.88. The van der Waals surface area contributed by atoms with E-state index in [-0.39, 0.29) is 24.2 Å². The first kappa shape index (κ1) is 17.2. The van der Waals surface area contributed by atoms with Crippen molar-refractivity contribution in [2.24, 2.45) is 5.73 Å². The average Bonchev–Trinajstić information content (AvgIpc) is 3.24. The highest BCUT2D eigenvalue weighted by Crippen LogP contribution is 2.31. The molecule has 6 nitrogen and oxygen atoms in total. The van der Waals surface area contributed by atoms with Gasteiger partial charge in [-0.15, -0.1) is 0 Å². The number of carbonyl (C=O) groups excluding carboxylic acids is 1. The van der Waals surface area contributed by atoms with Gasteiger partial charge in [0.2, 0.25) is 0 Å². The number of amides is 1. The third-order valence-electron chi connectivity index (χ3n) is 4.06. The Morgan fingerprint density at radius 2 is 2.24 bits per heavy atom. The van der Waals surface area contributed by atoms with Gasteiger partial charge in [0, 0.05) is 19.1 Å².